The van der Waals surface area contributed by atoms with Gasteiger partial charge in [-0.15, -0.1) is 0 Å². The number of aromatic amines is 1. The van der Waals surface area contributed by atoms with Crippen molar-refractivity contribution in [3.05, 3.63) is 51.2 Å². The fraction of sp³-hybridized carbons (Fsp3) is 0.450. The summed E-state index contributed by atoms with van der Waals surface area (Å²) in [5.74, 6) is -0.602. The van der Waals surface area contributed by atoms with Crippen molar-refractivity contribution in [3.63, 3.8) is 0 Å². The molecule has 1 saturated carbocycles. The van der Waals surface area contributed by atoms with Crippen LogP contribution in [0.2, 0.25) is 0 Å². The second kappa shape index (κ2) is 7.63. The van der Waals surface area contributed by atoms with Crippen LogP contribution in [0.1, 0.15) is 35.7 Å². The van der Waals surface area contributed by atoms with E-state index in [1.807, 2.05) is 0 Å². The first-order valence-electron chi connectivity index (χ1n) is 9.73. The van der Waals surface area contributed by atoms with Gasteiger partial charge in [-0.2, -0.15) is 23.3 Å². The number of halogens is 4. The van der Waals surface area contributed by atoms with E-state index in [1.54, 1.807) is 19.0 Å². The fourth-order valence-electron chi connectivity index (χ4n) is 3.75. The Labute approximate surface area is 174 Å². The van der Waals surface area contributed by atoms with Gasteiger partial charge in [0.25, 0.3) is 5.56 Å². The Morgan fingerprint density at radius 3 is 2.58 bits per heavy atom. The zero-order valence-corrected chi connectivity index (χ0v) is 16.9. The monoisotopic (exact) mass is 439 g/mol. The Balaban J connectivity index is 1.86. The number of anilines is 1. The lowest BCUT2D eigenvalue weighted by Crippen LogP contribution is -2.21. The van der Waals surface area contributed by atoms with E-state index < -0.39 is 42.2 Å². The molecule has 7 nitrogen and oxygen atoms in total. The van der Waals surface area contributed by atoms with Crippen LogP contribution in [0.3, 0.4) is 0 Å². The first-order valence-corrected chi connectivity index (χ1v) is 9.73. The summed E-state index contributed by atoms with van der Waals surface area (Å²) in [7, 11) is 3.40. The zero-order valence-electron chi connectivity index (χ0n) is 16.9. The Kier molecular flexibility index (Phi) is 5.24. The number of alkyl halides is 3. The number of aromatic nitrogens is 4. The van der Waals surface area contributed by atoms with E-state index in [4.69, 9.17) is 0 Å². The molecular formula is C20H21F4N5O2. The number of fused-ring (bicyclic) bond motifs is 1. The van der Waals surface area contributed by atoms with Gasteiger partial charge in [-0.25, -0.2) is 9.07 Å². The van der Waals surface area contributed by atoms with Crippen molar-refractivity contribution in [2.24, 2.45) is 5.92 Å². The summed E-state index contributed by atoms with van der Waals surface area (Å²) < 4.78 is 54.1. The molecule has 31 heavy (non-hydrogen) atoms. The number of hydrogen-bond donors (Lipinski definition) is 2. The Hall–Kier alpha value is -2.95. The van der Waals surface area contributed by atoms with E-state index in [-0.39, 0.29) is 28.6 Å². The summed E-state index contributed by atoms with van der Waals surface area (Å²) in [5.41, 5.74) is -0.0998. The number of H-pyrrole nitrogens is 1. The molecule has 0 saturated heterocycles. The topological polar surface area (TPSA) is 87.0 Å². The van der Waals surface area contributed by atoms with Crippen molar-refractivity contribution >= 4 is 17.0 Å². The largest absolute Gasteiger partial charge is 0.393 e. The first-order chi connectivity index (χ1) is 14.6. The lowest BCUT2D eigenvalue weighted by atomic mass is 9.99. The molecule has 0 radical (unpaired) electrons. The van der Waals surface area contributed by atoms with Crippen molar-refractivity contribution in [3.8, 4) is 0 Å². The van der Waals surface area contributed by atoms with Crippen LogP contribution in [-0.4, -0.2) is 45.1 Å². The molecule has 0 spiro atoms. The van der Waals surface area contributed by atoms with E-state index in [9.17, 15) is 27.5 Å². The van der Waals surface area contributed by atoms with Crippen molar-refractivity contribution in [2.45, 2.75) is 38.1 Å². The summed E-state index contributed by atoms with van der Waals surface area (Å²) in [6.07, 6.45) is -4.23. The number of nitrogens with one attached hydrogen (secondary N) is 1. The van der Waals surface area contributed by atoms with Crippen LogP contribution in [0, 0.1) is 11.7 Å². The fourth-order valence-corrected chi connectivity index (χ4v) is 3.75. The molecule has 1 aliphatic carbocycles. The Morgan fingerprint density at radius 2 is 2.03 bits per heavy atom. The number of aliphatic hydroxyl groups is 1. The molecule has 3 aromatic rings. The van der Waals surface area contributed by atoms with E-state index in [1.165, 1.54) is 10.7 Å². The highest BCUT2D eigenvalue weighted by Crippen LogP contribution is 2.44. The van der Waals surface area contributed by atoms with Gasteiger partial charge in [0, 0.05) is 14.1 Å². The molecule has 11 heteroatoms. The molecule has 0 unspecified atom stereocenters. The highest BCUT2D eigenvalue weighted by molar-refractivity contribution is 5.78. The molecule has 0 bridgehead atoms. The number of benzene rings is 1. The number of nitrogens with zero attached hydrogens (tertiary/aromatic N) is 4. The van der Waals surface area contributed by atoms with Crippen LogP contribution < -0.4 is 10.5 Å². The summed E-state index contributed by atoms with van der Waals surface area (Å²) >= 11 is 0. The Morgan fingerprint density at radius 1 is 1.32 bits per heavy atom. The van der Waals surface area contributed by atoms with E-state index >= 15 is 0 Å². The quantitative estimate of drug-likeness (QED) is 0.577. The molecule has 1 atom stereocenters. The predicted molar refractivity (Wildman–Crippen MR) is 105 cm³/mol. The summed E-state index contributed by atoms with van der Waals surface area (Å²) in [4.78, 5) is 21.3. The number of aliphatic hydroxyl groups excluding tert-OH is 1. The maximum Gasteiger partial charge on any atom is 0.393 e. The van der Waals surface area contributed by atoms with E-state index in [0.29, 0.717) is 5.56 Å². The van der Waals surface area contributed by atoms with Crippen LogP contribution in [0.5, 0.6) is 0 Å². The van der Waals surface area contributed by atoms with E-state index in [2.05, 4.69) is 15.1 Å². The molecule has 1 fully saturated rings. The summed E-state index contributed by atoms with van der Waals surface area (Å²) in [6.45, 7) is -0.494. The van der Waals surface area contributed by atoms with E-state index in [0.717, 1.165) is 25.0 Å². The molecule has 0 aliphatic heterocycles. The smallest absolute Gasteiger partial charge is 0.390 e. The molecule has 1 aromatic carbocycles. The second-order valence-corrected chi connectivity index (χ2v) is 7.96. The normalized spacial score (nSPS) is 15.5. The molecule has 2 aromatic heterocycles. The third kappa shape index (κ3) is 4.14. The third-order valence-electron chi connectivity index (χ3n) is 5.34. The van der Waals surface area contributed by atoms with Crippen LogP contribution >= 0.6 is 0 Å². The van der Waals surface area contributed by atoms with Gasteiger partial charge in [-0.1, -0.05) is 12.1 Å². The molecule has 2 heterocycles. The van der Waals surface area contributed by atoms with Gasteiger partial charge in [0.15, 0.2) is 5.65 Å². The SMILES string of the molecule is CN(C)c1nc2c(c(CO)nn2[C@@H](c2ccc(CC(F)(F)F)c(F)c2)C2CC2)c(=O)[nH]1. The predicted octanol–water partition coefficient (Wildman–Crippen LogP) is 2.92. The molecule has 4 rings (SSSR count). The third-order valence-corrected chi connectivity index (χ3v) is 5.34. The van der Waals surface area contributed by atoms with Gasteiger partial charge < -0.3 is 10.0 Å². The van der Waals surface area contributed by atoms with Crippen molar-refractivity contribution in [1.82, 2.24) is 19.7 Å². The molecule has 0 amide bonds. The van der Waals surface area contributed by atoms with Crippen molar-refractivity contribution < 1.29 is 22.7 Å². The molecule has 2 N–H and O–H groups in total. The average Bonchev–Trinajstić information content (AvgIpc) is 3.44. The van der Waals surface area contributed by atoms with Gasteiger partial charge >= 0.3 is 6.18 Å². The number of rotatable bonds is 6. The highest BCUT2D eigenvalue weighted by atomic mass is 19.4. The second-order valence-electron chi connectivity index (χ2n) is 7.96. The minimum Gasteiger partial charge on any atom is -0.390 e. The van der Waals surface area contributed by atoms with Gasteiger partial charge in [0.1, 0.15) is 16.9 Å². The molecule has 1 aliphatic rings. The van der Waals surface area contributed by atoms with Crippen LogP contribution in [0.4, 0.5) is 23.5 Å². The van der Waals surface area contributed by atoms with Gasteiger partial charge in [0.05, 0.1) is 19.1 Å². The minimum atomic E-state index is -4.51. The minimum absolute atomic E-state index is 0.0615. The first kappa shape index (κ1) is 21.3. The standard InChI is InChI=1S/C20H21F4N5O2/c1-28(2)19-25-17-15(18(31)26-19)14(9-30)27-29(17)16(10-3-4-10)11-5-6-12(13(21)7-11)8-20(22,23)24/h5-7,10,16,30H,3-4,8-9H2,1-2H3,(H,25,26,31)/t16-/m1/s1. The maximum atomic E-state index is 14.5. The van der Waals surface area contributed by atoms with Gasteiger partial charge in [-0.05, 0) is 36.0 Å². The van der Waals surface area contributed by atoms with Gasteiger partial charge in [-0.3, -0.25) is 9.78 Å². The van der Waals surface area contributed by atoms with Crippen LogP contribution in [-0.2, 0) is 13.0 Å². The molecular weight excluding hydrogens is 418 g/mol. The summed E-state index contributed by atoms with van der Waals surface area (Å²) in [5, 5.41) is 14.2. The molecule has 166 valence electrons. The zero-order chi connectivity index (χ0) is 22.5. The number of hydrogen-bond acceptors (Lipinski definition) is 5. The van der Waals surface area contributed by atoms with Crippen molar-refractivity contribution in [1.29, 1.82) is 0 Å². The Bertz CT molecular complexity index is 1180. The average molecular weight is 439 g/mol. The lowest BCUT2D eigenvalue weighted by molar-refractivity contribution is -0.127. The van der Waals surface area contributed by atoms with Crippen LogP contribution in [0.25, 0.3) is 11.0 Å². The highest BCUT2D eigenvalue weighted by Gasteiger charge is 2.37. The van der Waals surface area contributed by atoms with Crippen LogP contribution in [0.15, 0.2) is 23.0 Å². The lowest BCUT2D eigenvalue weighted by Gasteiger charge is -2.20. The van der Waals surface area contributed by atoms with Crippen molar-refractivity contribution in [2.75, 3.05) is 19.0 Å². The summed E-state index contributed by atoms with van der Waals surface area (Å²) in [6, 6.07) is 3.16. The van der Waals surface area contributed by atoms with Gasteiger partial charge in [0.2, 0.25) is 5.95 Å². The maximum absolute atomic E-state index is 14.5.